The maximum atomic E-state index is 10.1. The van der Waals surface area contributed by atoms with E-state index < -0.39 is 12.0 Å². The molecule has 0 aromatic carbocycles. The maximum absolute atomic E-state index is 10.1. The Hall–Kier alpha value is -0.810. The van der Waals surface area contributed by atoms with E-state index in [1.165, 1.54) is 0 Å². The van der Waals surface area contributed by atoms with Crippen LogP contribution in [0.2, 0.25) is 0 Å². The Balaban J connectivity index is 2.14. The molecule has 0 aromatic rings. The van der Waals surface area contributed by atoms with E-state index in [4.69, 9.17) is 10.3 Å². The van der Waals surface area contributed by atoms with Crippen LogP contribution in [0.1, 0.15) is 27.2 Å². The summed E-state index contributed by atoms with van der Waals surface area (Å²) in [5.74, 6) is 0.0269. The fraction of sp³-hybridized carbons (Fsp3) is 1.00. The molecular weight excluding hydrogens is 208 g/mol. The fourth-order valence-corrected chi connectivity index (χ4v) is 2.95. The third-order valence-electron chi connectivity index (χ3n) is 3.71. The highest BCUT2D eigenvalue weighted by molar-refractivity contribution is 5.04. The summed E-state index contributed by atoms with van der Waals surface area (Å²) in [6.07, 6.45) is 0.317. The van der Waals surface area contributed by atoms with Gasteiger partial charge in [-0.1, -0.05) is 12.0 Å². The Morgan fingerprint density at radius 3 is 2.94 bits per heavy atom. The number of fused-ring (bicyclic) bond motifs is 1. The van der Waals surface area contributed by atoms with E-state index in [-0.39, 0.29) is 18.0 Å². The lowest BCUT2D eigenvalue weighted by molar-refractivity contribution is -0.318. The van der Waals surface area contributed by atoms with E-state index in [0.29, 0.717) is 6.61 Å². The lowest BCUT2D eigenvalue weighted by atomic mass is 9.77. The SMILES string of the molecule is CC(N=[N+]=[N-])C1C(O)N2C1CCOC2(C)C. The van der Waals surface area contributed by atoms with Gasteiger partial charge in [0.1, 0.15) is 12.0 Å². The van der Waals surface area contributed by atoms with Crippen LogP contribution in [0, 0.1) is 5.92 Å². The third kappa shape index (κ3) is 1.58. The van der Waals surface area contributed by atoms with Gasteiger partial charge in [0.05, 0.1) is 6.61 Å². The van der Waals surface area contributed by atoms with Gasteiger partial charge in [-0.3, -0.25) is 0 Å². The van der Waals surface area contributed by atoms with Gasteiger partial charge in [0, 0.05) is 22.9 Å². The number of hydrogen-bond acceptors (Lipinski definition) is 4. The first-order valence-corrected chi connectivity index (χ1v) is 5.63. The predicted molar refractivity (Wildman–Crippen MR) is 58.4 cm³/mol. The Bertz CT molecular complexity index is 327. The summed E-state index contributed by atoms with van der Waals surface area (Å²) in [6.45, 7) is 6.46. The topological polar surface area (TPSA) is 81.5 Å². The van der Waals surface area contributed by atoms with Gasteiger partial charge in [-0.25, -0.2) is 4.90 Å². The second kappa shape index (κ2) is 3.89. The monoisotopic (exact) mass is 226 g/mol. The standard InChI is InChI=1S/C10H18N4O2/c1-6(12-13-11)8-7-4-5-16-10(2,3)14(7)9(8)15/h6-9,15H,4-5H2,1-3H3. The lowest BCUT2D eigenvalue weighted by Gasteiger charge is -2.62. The first kappa shape index (κ1) is 11.7. The number of rotatable bonds is 2. The summed E-state index contributed by atoms with van der Waals surface area (Å²) in [5, 5.41) is 13.8. The Morgan fingerprint density at radius 2 is 2.31 bits per heavy atom. The zero-order chi connectivity index (χ0) is 11.9. The molecule has 90 valence electrons. The number of aliphatic hydroxyl groups excluding tert-OH is 1. The molecule has 2 saturated heterocycles. The fourth-order valence-electron chi connectivity index (χ4n) is 2.95. The Morgan fingerprint density at radius 1 is 1.62 bits per heavy atom. The molecular formula is C10H18N4O2. The summed E-state index contributed by atoms with van der Waals surface area (Å²) in [5.41, 5.74) is 8.01. The molecule has 0 spiro atoms. The maximum Gasteiger partial charge on any atom is 0.118 e. The molecule has 2 aliphatic rings. The van der Waals surface area contributed by atoms with Gasteiger partial charge in [0.15, 0.2) is 0 Å². The molecule has 1 N–H and O–H groups in total. The highest BCUT2D eigenvalue weighted by Gasteiger charge is 2.57. The predicted octanol–water partition coefficient (Wildman–Crippen LogP) is 1.46. The summed E-state index contributed by atoms with van der Waals surface area (Å²) in [6, 6.07) is 0.0920. The van der Waals surface area contributed by atoms with Crippen molar-refractivity contribution in [1.82, 2.24) is 4.90 Å². The van der Waals surface area contributed by atoms with Crippen LogP contribution in [0.3, 0.4) is 0 Å². The number of nitrogens with zero attached hydrogens (tertiary/aromatic N) is 4. The highest BCUT2D eigenvalue weighted by Crippen LogP contribution is 2.44. The molecule has 6 nitrogen and oxygen atoms in total. The summed E-state index contributed by atoms with van der Waals surface area (Å²) < 4.78 is 5.62. The summed E-state index contributed by atoms with van der Waals surface area (Å²) in [4.78, 5) is 4.77. The Kier molecular flexibility index (Phi) is 2.84. The molecule has 4 atom stereocenters. The summed E-state index contributed by atoms with van der Waals surface area (Å²) in [7, 11) is 0. The quantitative estimate of drug-likeness (QED) is 0.439. The average Bonchev–Trinajstić information content (AvgIpc) is 2.15. The minimum absolute atomic E-state index is 0.0269. The number of hydrogen-bond donors (Lipinski definition) is 1. The molecule has 2 heterocycles. The van der Waals surface area contributed by atoms with Gasteiger partial charge in [0.25, 0.3) is 0 Å². The molecule has 2 rings (SSSR count). The number of azide groups is 1. The number of ether oxygens (including phenoxy) is 1. The molecule has 0 aromatic heterocycles. The van der Waals surface area contributed by atoms with Crippen LogP contribution in [0.5, 0.6) is 0 Å². The van der Waals surface area contributed by atoms with Crippen molar-refractivity contribution in [2.24, 2.45) is 11.0 Å². The second-order valence-corrected chi connectivity index (χ2v) is 4.99. The minimum atomic E-state index is -0.569. The van der Waals surface area contributed by atoms with Crippen LogP contribution in [0.25, 0.3) is 10.4 Å². The molecule has 4 unspecified atom stereocenters. The van der Waals surface area contributed by atoms with E-state index in [2.05, 4.69) is 10.0 Å². The van der Waals surface area contributed by atoms with Gasteiger partial charge in [0.2, 0.25) is 0 Å². The van der Waals surface area contributed by atoms with Gasteiger partial charge in [-0.05, 0) is 25.8 Å². The molecule has 0 saturated carbocycles. The Labute approximate surface area is 94.8 Å². The van der Waals surface area contributed by atoms with Crippen LogP contribution in [-0.2, 0) is 4.74 Å². The first-order valence-electron chi connectivity index (χ1n) is 5.63. The zero-order valence-corrected chi connectivity index (χ0v) is 9.87. The number of aliphatic hydroxyl groups is 1. The molecule has 0 radical (unpaired) electrons. The van der Waals surface area contributed by atoms with Crippen LogP contribution >= 0.6 is 0 Å². The summed E-state index contributed by atoms with van der Waals surface area (Å²) >= 11 is 0. The normalized spacial score (nSPS) is 39.1. The second-order valence-electron chi connectivity index (χ2n) is 4.99. The van der Waals surface area contributed by atoms with Crippen LogP contribution in [0.4, 0.5) is 0 Å². The smallest absolute Gasteiger partial charge is 0.118 e. The largest absolute Gasteiger partial charge is 0.378 e. The van der Waals surface area contributed by atoms with Crippen molar-refractivity contribution in [1.29, 1.82) is 0 Å². The molecule has 6 heteroatoms. The van der Waals surface area contributed by atoms with Gasteiger partial charge < -0.3 is 9.84 Å². The molecule has 2 aliphatic heterocycles. The molecule has 0 aliphatic carbocycles. The zero-order valence-electron chi connectivity index (χ0n) is 9.87. The van der Waals surface area contributed by atoms with Crippen LogP contribution < -0.4 is 0 Å². The van der Waals surface area contributed by atoms with Crippen molar-refractivity contribution in [2.75, 3.05) is 6.61 Å². The van der Waals surface area contributed by atoms with Crippen molar-refractivity contribution < 1.29 is 9.84 Å². The third-order valence-corrected chi connectivity index (χ3v) is 3.71. The van der Waals surface area contributed by atoms with Gasteiger partial charge in [-0.2, -0.15) is 0 Å². The first-order chi connectivity index (χ1) is 7.49. The van der Waals surface area contributed by atoms with Gasteiger partial charge in [-0.15, -0.1) is 0 Å². The molecule has 0 bridgehead atoms. The van der Waals surface area contributed by atoms with E-state index >= 15 is 0 Å². The minimum Gasteiger partial charge on any atom is -0.378 e. The van der Waals surface area contributed by atoms with E-state index in [1.807, 2.05) is 25.7 Å². The van der Waals surface area contributed by atoms with E-state index in [1.54, 1.807) is 0 Å². The van der Waals surface area contributed by atoms with E-state index in [0.717, 1.165) is 6.42 Å². The van der Waals surface area contributed by atoms with E-state index in [9.17, 15) is 5.11 Å². The molecule has 16 heavy (non-hydrogen) atoms. The molecule has 0 amide bonds. The van der Waals surface area contributed by atoms with Crippen LogP contribution in [0.15, 0.2) is 5.11 Å². The van der Waals surface area contributed by atoms with Crippen molar-refractivity contribution in [3.63, 3.8) is 0 Å². The average molecular weight is 226 g/mol. The highest BCUT2D eigenvalue weighted by atomic mass is 16.5. The van der Waals surface area contributed by atoms with Crippen molar-refractivity contribution in [3.05, 3.63) is 10.4 Å². The van der Waals surface area contributed by atoms with Crippen LogP contribution in [-0.4, -0.2) is 40.6 Å². The lowest BCUT2D eigenvalue weighted by Crippen LogP contribution is -2.75. The van der Waals surface area contributed by atoms with Crippen molar-refractivity contribution in [2.45, 2.75) is 51.2 Å². The molecule has 2 fully saturated rings. The van der Waals surface area contributed by atoms with Crippen molar-refractivity contribution >= 4 is 0 Å². The van der Waals surface area contributed by atoms with Gasteiger partial charge >= 0.3 is 0 Å². The van der Waals surface area contributed by atoms with Crippen molar-refractivity contribution in [3.8, 4) is 0 Å².